The third-order valence-electron chi connectivity index (χ3n) is 9.74. The molecule has 3 heteroatoms. The molecule has 0 aliphatic carbocycles. The zero-order valence-electron chi connectivity index (χ0n) is 29.9. The number of benzene rings is 7. The third-order valence-corrected chi connectivity index (χ3v) is 9.74. The van der Waals surface area contributed by atoms with Gasteiger partial charge in [-0.1, -0.05) is 144 Å². The smallest absolute Gasteiger partial charge is 0.229 e. The van der Waals surface area contributed by atoms with E-state index < -0.39 is 0 Å². The van der Waals surface area contributed by atoms with Crippen molar-refractivity contribution in [3.63, 3.8) is 0 Å². The zero-order chi connectivity index (χ0) is 35.1. The van der Waals surface area contributed by atoms with E-state index in [4.69, 9.17) is 14.4 Å². The van der Waals surface area contributed by atoms with E-state index in [0.717, 1.165) is 45.5 Å². The van der Waals surface area contributed by atoms with Gasteiger partial charge in [0.25, 0.3) is 0 Å². The molecule has 0 bridgehead atoms. The highest BCUT2D eigenvalue weighted by Gasteiger charge is 2.21. The molecule has 1 aromatic heterocycles. The van der Waals surface area contributed by atoms with Gasteiger partial charge in [0.2, 0.25) is 5.89 Å². The van der Waals surface area contributed by atoms with Crippen molar-refractivity contribution in [2.45, 2.75) is 46.5 Å². The molecule has 8 rings (SSSR count). The quantitative estimate of drug-likeness (QED) is 0.126. The van der Waals surface area contributed by atoms with Crippen LogP contribution in [0.1, 0.15) is 51.3 Å². The van der Waals surface area contributed by atoms with Crippen molar-refractivity contribution in [2.75, 3.05) is 0 Å². The predicted molar refractivity (Wildman–Crippen MR) is 216 cm³/mol. The molecule has 0 N–H and O–H groups in total. The summed E-state index contributed by atoms with van der Waals surface area (Å²) in [6.07, 6.45) is 3.05. The lowest BCUT2D eigenvalue weighted by atomic mass is 9.85. The van der Waals surface area contributed by atoms with Crippen LogP contribution in [0.5, 0.6) is 0 Å². The predicted octanol–water partition coefficient (Wildman–Crippen LogP) is 13.4. The van der Waals surface area contributed by atoms with E-state index in [1.165, 1.54) is 43.8 Å². The van der Waals surface area contributed by atoms with E-state index in [-0.39, 0.29) is 5.41 Å². The first-order chi connectivity index (χ1) is 24.7. The fourth-order valence-electron chi connectivity index (χ4n) is 7.09. The van der Waals surface area contributed by atoms with Crippen LogP contribution in [0, 0.1) is 5.92 Å². The molecule has 8 aromatic rings. The van der Waals surface area contributed by atoms with Crippen molar-refractivity contribution in [3.05, 3.63) is 156 Å². The van der Waals surface area contributed by atoms with Gasteiger partial charge in [-0.3, -0.25) is 4.99 Å². The van der Waals surface area contributed by atoms with Crippen molar-refractivity contribution in [1.29, 1.82) is 0 Å². The second-order valence-electron chi connectivity index (χ2n) is 15.0. The molecule has 0 fully saturated rings. The topological polar surface area (TPSA) is 38.4 Å². The summed E-state index contributed by atoms with van der Waals surface area (Å²) in [5.74, 6) is 1.18. The maximum atomic E-state index is 6.63. The Bertz CT molecular complexity index is 2560. The Hall–Kier alpha value is -5.80. The van der Waals surface area contributed by atoms with Crippen LogP contribution < -0.4 is 0 Å². The standard InChI is InChI=1S/C48H42N2O/c1-31(2)25-32-13-12-15-35(26-32)33-21-23-34(24-22-33)43-28-38(48(3,4)5)29-45-46(43)50-47(51-45)42-19-10-11-20-44(42)49-30-37-27-36-14-6-7-16-39(36)41-18-9-8-17-40(37)41/h6-24,26-31H,25H2,1-5H3. The SMILES string of the molecule is CC(C)Cc1cccc(-c2ccc(-c3cc(C(C)(C)C)cc4oc(-c5ccccc5N=Cc5cc6ccccc6c6ccccc56)nc34)cc2)c1. The first-order valence-electron chi connectivity index (χ1n) is 17.9. The average molecular weight is 663 g/mol. The highest BCUT2D eigenvalue weighted by atomic mass is 16.3. The normalized spacial score (nSPS) is 12.2. The van der Waals surface area contributed by atoms with Crippen molar-refractivity contribution in [2.24, 2.45) is 10.9 Å². The fourth-order valence-corrected chi connectivity index (χ4v) is 7.09. The highest BCUT2D eigenvalue weighted by Crippen LogP contribution is 2.39. The van der Waals surface area contributed by atoms with E-state index in [1.54, 1.807) is 0 Å². The van der Waals surface area contributed by atoms with Crippen LogP contribution in [-0.4, -0.2) is 11.2 Å². The molecule has 0 spiro atoms. The van der Waals surface area contributed by atoms with E-state index in [9.17, 15) is 0 Å². The van der Waals surface area contributed by atoms with Crippen LogP contribution in [0.4, 0.5) is 5.69 Å². The van der Waals surface area contributed by atoms with Gasteiger partial charge in [0, 0.05) is 17.3 Å². The summed E-state index contributed by atoms with van der Waals surface area (Å²) in [5.41, 5.74) is 11.5. The fraction of sp³-hybridized carbons (Fsp3) is 0.167. The zero-order valence-corrected chi connectivity index (χ0v) is 29.9. The van der Waals surface area contributed by atoms with Gasteiger partial charge in [-0.2, -0.15) is 0 Å². The number of aromatic nitrogens is 1. The second kappa shape index (κ2) is 13.2. The molecule has 0 unspecified atom stereocenters. The number of rotatable bonds is 7. The van der Waals surface area contributed by atoms with Gasteiger partial charge in [-0.15, -0.1) is 0 Å². The Morgan fingerprint density at radius 3 is 2.14 bits per heavy atom. The van der Waals surface area contributed by atoms with Crippen LogP contribution in [0.3, 0.4) is 0 Å². The first-order valence-corrected chi connectivity index (χ1v) is 17.9. The molecule has 0 radical (unpaired) electrons. The Kier molecular flexibility index (Phi) is 8.36. The molecule has 0 saturated heterocycles. The minimum absolute atomic E-state index is 0.0719. The summed E-state index contributed by atoms with van der Waals surface area (Å²) in [6, 6.07) is 49.6. The van der Waals surface area contributed by atoms with Gasteiger partial charge in [0.1, 0.15) is 5.52 Å². The summed E-state index contributed by atoms with van der Waals surface area (Å²) >= 11 is 0. The van der Waals surface area contributed by atoms with Gasteiger partial charge in [-0.05, 0) is 97.4 Å². The lowest BCUT2D eigenvalue weighted by molar-refractivity contribution is 0.584. The van der Waals surface area contributed by atoms with Gasteiger partial charge >= 0.3 is 0 Å². The van der Waals surface area contributed by atoms with E-state index >= 15 is 0 Å². The Balaban J connectivity index is 1.20. The monoisotopic (exact) mass is 662 g/mol. The van der Waals surface area contributed by atoms with E-state index in [1.807, 2.05) is 30.5 Å². The van der Waals surface area contributed by atoms with Crippen LogP contribution in [0.25, 0.3) is 66.4 Å². The molecule has 7 aromatic carbocycles. The van der Waals surface area contributed by atoms with Crippen LogP contribution in [0.2, 0.25) is 0 Å². The summed E-state index contributed by atoms with van der Waals surface area (Å²) in [4.78, 5) is 10.2. The molecule has 0 atom stereocenters. The van der Waals surface area contributed by atoms with Gasteiger partial charge < -0.3 is 4.42 Å². The minimum atomic E-state index is -0.0719. The molecular formula is C48H42N2O. The van der Waals surface area contributed by atoms with Crippen LogP contribution in [-0.2, 0) is 11.8 Å². The highest BCUT2D eigenvalue weighted by molar-refractivity contribution is 6.14. The van der Waals surface area contributed by atoms with Gasteiger partial charge in [0.05, 0.1) is 11.3 Å². The summed E-state index contributed by atoms with van der Waals surface area (Å²) in [7, 11) is 0. The van der Waals surface area contributed by atoms with Crippen LogP contribution in [0.15, 0.2) is 149 Å². The number of fused-ring (bicyclic) bond motifs is 4. The number of para-hydroxylation sites is 1. The maximum absolute atomic E-state index is 6.63. The van der Waals surface area contributed by atoms with Crippen molar-refractivity contribution < 1.29 is 4.42 Å². The van der Waals surface area contributed by atoms with E-state index in [2.05, 4.69) is 150 Å². The average Bonchev–Trinajstić information content (AvgIpc) is 3.58. The third kappa shape index (κ3) is 6.48. The lowest BCUT2D eigenvalue weighted by Gasteiger charge is -2.20. The molecule has 250 valence electrons. The largest absolute Gasteiger partial charge is 0.436 e. The molecule has 1 heterocycles. The van der Waals surface area contributed by atoms with Gasteiger partial charge in [-0.25, -0.2) is 4.98 Å². The van der Waals surface area contributed by atoms with Gasteiger partial charge in [0.15, 0.2) is 5.58 Å². The number of nitrogens with zero attached hydrogens (tertiary/aromatic N) is 2. The molecular weight excluding hydrogens is 621 g/mol. The Morgan fingerprint density at radius 2 is 1.35 bits per heavy atom. The summed E-state index contributed by atoms with van der Waals surface area (Å²) < 4.78 is 6.63. The first kappa shape index (κ1) is 32.4. The number of oxazole rings is 1. The number of hydrogen-bond acceptors (Lipinski definition) is 3. The number of aliphatic imine (C=N–C) groups is 1. The van der Waals surface area contributed by atoms with Crippen molar-refractivity contribution in [3.8, 4) is 33.7 Å². The molecule has 0 saturated carbocycles. The van der Waals surface area contributed by atoms with Crippen molar-refractivity contribution >= 4 is 44.5 Å². The molecule has 0 aliphatic rings. The summed E-state index contributed by atoms with van der Waals surface area (Å²) in [6.45, 7) is 11.3. The second-order valence-corrected chi connectivity index (χ2v) is 15.0. The molecule has 0 aliphatic heterocycles. The Morgan fingerprint density at radius 1 is 0.647 bits per heavy atom. The number of hydrogen-bond donors (Lipinski definition) is 0. The minimum Gasteiger partial charge on any atom is -0.436 e. The Labute approximate surface area is 300 Å². The molecule has 51 heavy (non-hydrogen) atoms. The summed E-state index contributed by atoms with van der Waals surface area (Å²) in [5, 5.41) is 4.83. The van der Waals surface area contributed by atoms with Crippen LogP contribution >= 0.6 is 0 Å². The van der Waals surface area contributed by atoms with E-state index in [0.29, 0.717) is 11.8 Å². The molecule has 3 nitrogen and oxygen atoms in total. The lowest BCUT2D eigenvalue weighted by Crippen LogP contribution is -2.11. The van der Waals surface area contributed by atoms with Crippen molar-refractivity contribution in [1.82, 2.24) is 4.98 Å². The maximum Gasteiger partial charge on any atom is 0.229 e. The molecule has 0 amide bonds.